The number of hydrogen-bond acceptors (Lipinski definition) is 4. The van der Waals surface area contributed by atoms with Crippen LogP contribution in [-0.4, -0.2) is 32.1 Å². The molecule has 0 radical (unpaired) electrons. The van der Waals surface area contributed by atoms with E-state index in [1.54, 1.807) is 13.1 Å². The summed E-state index contributed by atoms with van der Waals surface area (Å²) in [6.45, 7) is 4.30. The number of rotatable bonds is 4. The summed E-state index contributed by atoms with van der Waals surface area (Å²) in [5, 5.41) is 0. The first kappa shape index (κ1) is 13.4. The fourth-order valence-corrected chi connectivity index (χ4v) is 1.78. The Morgan fingerprint density at radius 2 is 2.35 bits per heavy atom. The van der Waals surface area contributed by atoms with Crippen molar-refractivity contribution < 1.29 is 9.53 Å². The zero-order valence-corrected chi connectivity index (χ0v) is 11.6. The highest BCUT2D eigenvalue weighted by molar-refractivity contribution is 6.45. The van der Waals surface area contributed by atoms with E-state index in [0.717, 1.165) is 11.6 Å². The van der Waals surface area contributed by atoms with Gasteiger partial charge < -0.3 is 4.74 Å². The number of aromatic nitrogens is 2. The third kappa shape index (κ3) is 4.79. The molecule has 0 bridgehead atoms. The molecule has 0 aliphatic rings. The van der Waals surface area contributed by atoms with Crippen LogP contribution in [0.1, 0.15) is 25.1 Å². The maximum atomic E-state index is 11.4. The quantitative estimate of drug-likeness (QED) is 0.442. The first-order valence-electron chi connectivity index (χ1n) is 5.71. The van der Waals surface area contributed by atoms with Crippen LogP contribution in [0, 0.1) is 11.5 Å². The van der Waals surface area contributed by atoms with Crippen LogP contribution in [-0.2, 0) is 16.0 Å². The van der Waals surface area contributed by atoms with Crippen LogP contribution in [0.2, 0.25) is 6.04 Å². The molecular weight excluding hydrogens is 232 g/mol. The summed E-state index contributed by atoms with van der Waals surface area (Å²) in [5.74, 6) is 2.75. The molecule has 0 saturated carbocycles. The van der Waals surface area contributed by atoms with E-state index in [1.165, 1.54) is 6.33 Å². The fraction of sp³-hybridized carbons (Fsp3) is 0.417. The Morgan fingerprint density at radius 1 is 1.53 bits per heavy atom. The largest absolute Gasteiger partial charge is 0.466 e. The minimum absolute atomic E-state index is 0.187. The molecule has 0 amide bonds. The van der Waals surface area contributed by atoms with Crippen LogP contribution < -0.4 is 0 Å². The minimum atomic E-state index is -0.312. The molecular formula is C12H16N2O2Si. The molecule has 0 N–H and O–H groups in total. The molecule has 0 saturated heterocycles. The maximum Gasteiger partial charge on any atom is 0.310 e. The highest BCUT2D eigenvalue weighted by atomic mass is 28.2. The Hall–Kier alpha value is -1.67. The molecule has 1 aromatic heterocycles. The highest BCUT2D eigenvalue weighted by Gasteiger charge is 2.08. The molecule has 0 atom stereocenters. The van der Waals surface area contributed by atoms with Crippen LogP contribution in [0.25, 0.3) is 0 Å². The van der Waals surface area contributed by atoms with Crippen molar-refractivity contribution in [1.82, 2.24) is 9.97 Å². The summed E-state index contributed by atoms with van der Waals surface area (Å²) in [7, 11) is -0.312. The molecule has 0 unspecified atom stereocenters. The van der Waals surface area contributed by atoms with Gasteiger partial charge in [-0.1, -0.05) is 18.9 Å². The van der Waals surface area contributed by atoms with Crippen molar-refractivity contribution in [2.45, 2.75) is 26.3 Å². The summed E-state index contributed by atoms with van der Waals surface area (Å²) < 4.78 is 4.89. The summed E-state index contributed by atoms with van der Waals surface area (Å²) in [6.07, 6.45) is 3.26. The van der Waals surface area contributed by atoms with Crippen molar-refractivity contribution in [3.8, 4) is 11.5 Å². The van der Waals surface area contributed by atoms with Gasteiger partial charge in [0, 0.05) is 11.8 Å². The van der Waals surface area contributed by atoms with Crippen molar-refractivity contribution in [2.24, 2.45) is 0 Å². The van der Waals surface area contributed by atoms with Gasteiger partial charge in [-0.2, -0.15) is 0 Å². The lowest BCUT2D eigenvalue weighted by Gasteiger charge is -2.02. The Morgan fingerprint density at radius 3 is 3.06 bits per heavy atom. The van der Waals surface area contributed by atoms with Crippen LogP contribution in [0.15, 0.2) is 12.5 Å². The first-order chi connectivity index (χ1) is 8.27. The van der Waals surface area contributed by atoms with Crippen molar-refractivity contribution >= 4 is 15.5 Å². The topological polar surface area (TPSA) is 52.1 Å². The van der Waals surface area contributed by atoms with Crippen LogP contribution in [0.3, 0.4) is 0 Å². The van der Waals surface area contributed by atoms with E-state index in [0.29, 0.717) is 12.3 Å². The predicted molar refractivity (Wildman–Crippen MR) is 68.3 cm³/mol. The third-order valence-electron chi connectivity index (χ3n) is 2.01. The van der Waals surface area contributed by atoms with Gasteiger partial charge >= 0.3 is 5.97 Å². The lowest BCUT2D eigenvalue weighted by atomic mass is 10.2. The van der Waals surface area contributed by atoms with Gasteiger partial charge in [-0.15, -0.1) is 5.54 Å². The SMILES string of the molecule is CCOC(=O)Cc1cncnc1C#C[SiH2]CC. The summed E-state index contributed by atoms with van der Waals surface area (Å²) >= 11 is 0. The lowest BCUT2D eigenvalue weighted by Crippen LogP contribution is -2.09. The molecule has 17 heavy (non-hydrogen) atoms. The molecule has 1 rings (SSSR count). The normalized spacial score (nSPS) is 10.0. The van der Waals surface area contributed by atoms with Crippen molar-refractivity contribution in [2.75, 3.05) is 6.61 Å². The summed E-state index contributed by atoms with van der Waals surface area (Å²) in [4.78, 5) is 19.4. The van der Waals surface area contributed by atoms with E-state index in [-0.39, 0.29) is 21.9 Å². The number of esters is 1. The Bertz CT molecular complexity index is 438. The van der Waals surface area contributed by atoms with Gasteiger partial charge in [0.25, 0.3) is 0 Å². The Labute approximate surface area is 104 Å². The van der Waals surface area contributed by atoms with Crippen LogP contribution in [0.4, 0.5) is 0 Å². The van der Waals surface area contributed by atoms with Crippen molar-refractivity contribution in [1.29, 1.82) is 0 Å². The second-order valence-corrected chi connectivity index (χ2v) is 5.28. The van der Waals surface area contributed by atoms with E-state index in [9.17, 15) is 4.79 Å². The molecule has 5 heteroatoms. The molecule has 0 spiro atoms. The molecule has 4 nitrogen and oxygen atoms in total. The van der Waals surface area contributed by atoms with E-state index in [1.807, 2.05) is 0 Å². The van der Waals surface area contributed by atoms with Crippen LogP contribution in [0.5, 0.6) is 0 Å². The minimum Gasteiger partial charge on any atom is -0.466 e. The van der Waals surface area contributed by atoms with E-state index in [4.69, 9.17) is 4.74 Å². The molecule has 0 aromatic carbocycles. The highest BCUT2D eigenvalue weighted by Crippen LogP contribution is 2.04. The standard InChI is InChI=1S/C12H16N2O2Si/c1-3-16-12(15)7-10-8-13-9-14-11(10)5-6-17-4-2/h8-9H,3-4,7,17H2,1-2H3. The number of hydrogen-bond donors (Lipinski definition) is 0. The molecule has 1 heterocycles. The number of ether oxygens (including phenoxy) is 1. The average Bonchev–Trinajstić information content (AvgIpc) is 2.32. The van der Waals surface area contributed by atoms with Gasteiger partial charge in [-0.25, -0.2) is 9.97 Å². The third-order valence-corrected chi connectivity index (χ3v) is 2.94. The van der Waals surface area contributed by atoms with Gasteiger partial charge in [0.1, 0.15) is 21.5 Å². The van der Waals surface area contributed by atoms with Gasteiger partial charge in [0.05, 0.1) is 13.0 Å². The van der Waals surface area contributed by atoms with E-state index in [2.05, 4.69) is 28.4 Å². The van der Waals surface area contributed by atoms with Gasteiger partial charge in [-0.05, 0) is 6.92 Å². The molecule has 90 valence electrons. The van der Waals surface area contributed by atoms with E-state index < -0.39 is 0 Å². The van der Waals surface area contributed by atoms with Crippen LogP contribution >= 0.6 is 0 Å². The summed E-state index contributed by atoms with van der Waals surface area (Å²) in [6, 6.07) is 1.14. The smallest absolute Gasteiger partial charge is 0.310 e. The molecule has 1 aromatic rings. The van der Waals surface area contributed by atoms with Gasteiger partial charge in [0.2, 0.25) is 0 Å². The first-order valence-corrected chi connectivity index (χ1v) is 7.42. The van der Waals surface area contributed by atoms with Crippen molar-refractivity contribution in [3.05, 3.63) is 23.8 Å². The molecule has 0 aliphatic carbocycles. The van der Waals surface area contributed by atoms with E-state index >= 15 is 0 Å². The molecule has 0 aliphatic heterocycles. The Kier molecular flexibility index (Phi) is 5.97. The Balaban J connectivity index is 2.78. The average molecular weight is 248 g/mol. The number of nitrogens with zero attached hydrogens (tertiary/aromatic N) is 2. The van der Waals surface area contributed by atoms with Crippen molar-refractivity contribution in [3.63, 3.8) is 0 Å². The number of carbonyl (C=O) groups is 1. The fourth-order valence-electron chi connectivity index (χ4n) is 1.24. The predicted octanol–water partition coefficient (Wildman–Crippen LogP) is 0.498. The maximum absolute atomic E-state index is 11.4. The second kappa shape index (κ2) is 7.58. The lowest BCUT2D eigenvalue weighted by molar-refractivity contribution is -0.142. The summed E-state index contributed by atoms with van der Waals surface area (Å²) in [5.41, 5.74) is 4.53. The molecule has 0 fully saturated rings. The second-order valence-electron chi connectivity index (χ2n) is 3.43. The zero-order valence-electron chi connectivity index (χ0n) is 10.2. The van der Waals surface area contributed by atoms with Gasteiger partial charge in [-0.3, -0.25) is 4.79 Å². The number of carbonyl (C=O) groups excluding carboxylic acids is 1. The monoisotopic (exact) mass is 248 g/mol. The zero-order chi connectivity index (χ0) is 12.5. The van der Waals surface area contributed by atoms with Gasteiger partial charge in [0.15, 0.2) is 0 Å².